The van der Waals surface area contributed by atoms with Crippen molar-refractivity contribution >= 4 is 69.1 Å². The van der Waals surface area contributed by atoms with Crippen molar-refractivity contribution in [1.29, 1.82) is 0 Å². The molecule has 6 rings (SSSR count). The highest BCUT2D eigenvalue weighted by atomic mass is 32.2. The van der Waals surface area contributed by atoms with Gasteiger partial charge in [0.2, 0.25) is 0 Å². The fourth-order valence-corrected chi connectivity index (χ4v) is 12.2. The van der Waals surface area contributed by atoms with Gasteiger partial charge in [-0.1, -0.05) is 152 Å². The number of aryl methyl sites for hydroxylation is 4. The molecule has 0 saturated carbocycles. The Balaban J connectivity index is 1.22. The van der Waals surface area contributed by atoms with Gasteiger partial charge in [0.25, 0.3) is 0 Å². The summed E-state index contributed by atoms with van der Waals surface area (Å²) >= 11 is 7.64. The van der Waals surface area contributed by atoms with Crippen molar-refractivity contribution in [3.63, 3.8) is 0 Å². The molecule has 2 aliphatic heterocycles. The summed E-state index contributed by atoms with van der Waals surface area (Å²) in [6, 6.07) is 9.23. The van der Waals surface area contributed by atoms with E-state index in [4.69, 9.17) is 19.9 Å². The third-order valence-electron chi connectivity index (χ3n) is 9.82. The van der Waals surface area contributed by atoms with Crippen LogP contribution in [0, 0.1) is 0 Å². The Labute approximate surface area is 318 Å². The molecule has 0 amide bonds. The SMILES string of the molecule is CCCCCCc1nc2cc3c(cc2nc1CCCCCC)SC(=C1Sc2cc4nc(CCCCCC)c(CCCCCC)nc4cc2S1)S3. The van der Waals surface area contributed by atoms with Crippen molar-refractivity contribution in [3.05, 3.63) is 55.5 Å². The molecule has 4 heterocycles. The summed E-state index contributed by atoms with van der Waals surface area (Å²) in [5, 5.41) is 0. The summed E-state index contributed by atoms with van der Waals surface area (Å²) in [7, 11) is 0. The van der Waals surface area contributed by atoms with E-state index in [1.165, 1.54) is 154 Å². The molecule has 2 aromatic heterocycles. The Hall–Kier alpha value is -1.74. The Morgan fingerprint density at radius 3 is 0.800 bits per heavy atom. The van der Waals surface area contributed by atoms with Gasteiger partial charge in [-0.15, -0.1) is 0 Å². The molecular formula is C42H56N4S4. The van der Waals surface area contributed by atoms with Crippen LogP contribution in [-0.2, 0) is 25.7 Å². The maximum absolute atomic E-state index is 5.28. The molecule has 4 aromatic rings. The van der Waals surface area contributed by atoms with Gasteiger partial charge in [-0.05, 0) is 75.6 Å². The molecule has 0 bridgehead atoms. The predicted octanol–water partition coefficient (Wildman–Crippen LogP) is 14.3. The van der Waals surface area contributed by atoms with Crippen LogP contribution in [0.2, 0.25) is 0 Å². The molecule has 0 aliphatic carbocycles. The minimum atomic E-state index is 1.05. The first-order valence-corrected chi connectivity index (χ1v) is 23.0. The number of hydrogen-bond acceptors (Lipinski definition) is 8. The standard InChI is InChI=1S/C42H56N4S4/c1-5-9-13-17-21-29-30(22-18-14-10-6-2)44-34-26-38-37(25-33(34)43-29)47-41(48-38)42-49-39-27-35-36(28-40(39)50-42)46-32(24-20-16-12-8-4)31(45-35)23-19-15-11-7-3/h25-28H,5-24H2,1-4H3. The van der Waals surface area contributed by atoms with Crippen LogP contribution < -0.4 is 0 Å². The first-order valence-electron chi connectivity index (χ1n) is 19.7. The summed E-state index contributed by atoms with van der Waals surface area (Å²) < 4.78 is 2.75. The van der Waals surface area contributed by atoms with E-state index < -0.39 is 0 Å². The van der Waals surface area contributed by atoms with Crippen LogP contribution in [0.3, 0.4) is 0 Å². The van der Waals surface area contributed by atoms with Gasteiger partial charge >= 0.3 is 0 Å². The van der Waals surface area contributed by atoms with Crippen LogP contribution in [0.15, 0.2) is 52.3 Å². The van der Waals surface area contributed by atoms with Crippen LogP contribution in [0.4, 0.5) is 0 Å². The van der Waals surface area contributed by atoms with E-state index in [-0.39, 0.29) is 0 Å². The maximum atomic E-state index is 5.28. The third kappa shape index (κ3) is 9.81. The number of fused-ring (bicyclic) bond motifs is 4. The smallest absolute Gasteiger partial charge is 0.0902 e. The highest BCUT2D eigenvalue weighted by molar-refractivity contribution is 8.30. The lowest BCUT2D eigenvalue weighted by atomic mass is 10.0. The van der Waals surface area contributed by atoms with Gasteiger partial charge < -0.3 is 0 Å². The molecule has 0 fully saturated rings. The number of thioether (sulfide) groups is 4. The van der Waals surface area contributed by atoms with Crippen molar-refractivity contribution in [1.82, 2.24) is 19.9 Å². The Morgan fingerprint density at radius 2 is 0.580 bits per heavy atom. The van der Waals surface area contributed by atoms with Gasteiger partial charge in [-0.25, -0.2) is 19.9 Å². The number of benzene rings is 2. The number of hydrogen-bond donors (Lipinski definition) is 0. The number of unbranched alkanes of at least 4 members (excludes halogenated alkanes) is 12. The van der Waals surface area contributed by atoms with E-state index in [1.807, 2.05) is 47.0 Å². The summed E-state index contributed by atoms with van der Waals surface area (Å²) in [6.07, 6.45) is 24.4. The zero-order chi connectivity index (χ0) is 34.7. The molecule has 268 valence electrons. The molecular weight excluding hydrogens is 689 g/mol. The van der Waals surface area contributed by atoms with Crippen LogP contribution >= 0.6 is 47.0 Å². The lowest BCUT2D eigenvalue weighted by Gasteiger charge is -2.11. The summed E-state index contributed by atoms with van der Waals surface area (Å²) in [4.78, 5) is 26.4. The van der Waals surface area contributed by atoms with Gasteiger partial charge in [0.1, 0.15) is 0 Å². The summed E-state index contributed by atoms with van der Waals surface area (Å²) in [5.74, 6) is 0. The Morgan fingerprint density at radius 1 is 0.340 bits per heavy atom. The lowest BCUT2D eigenvalue weighted by molar-refractivity contribution is 0.639. The second-order valence-corrected chi connectivity index (χ2v) is 18.8. The van der Waals surface area contributed by atoms with Crippen molar-refractivity contribution in [2.75, 3.05) is 0 Å². The number of rotatable bonds is 20. The summed E-state index contributed by atoms with van der Waals surface area (Å²) in [5.41, 5.74) is 9.16. The van der Waals surface area contributed by atoms with Crippen molar-refractivity contribution in [2.24, 2.45) is 0 Å². The molecule has 50 heavy (non-hydrogen) atoms. The van der Waals surface area contributed by atoms with Crippen LogP contribution in [0.5, 0.6) is 0 Å². The molecule has 0 N–H and O–H groups in total. The van der Waals surface area contributed by atoms with Crippen molar-refractivity contribution < 1.29 is 0 Å². The van der Waals surface area contributed by atoms with E-state index in [1.54, 1.807) is 0 Å². The van der Waals surface area contributed by atoms with Gasteiger partial charge in [-0.3, -0.25) is 0 Å². The van der Waals surface area contributed by atoms with Crippen LogP contribution in [-0.4, -0.2) is 19.9 Å². The number of aromatic nitrogens is 4. The third-order valence-corrected chi connectivity index (χ3v) is 15.4. The zero-order valence-corrected chi connectivity index (χ0v) is 34.1. The molecule has 2 aliphatic rings. The van der Waals surface area contributed by atoms with Crippen LogP contribution in [0.25, 0.3) is 22.1 Å². The van der Waals surface area contributed by atoms with Crippen LogP contribution in [0.1, 0.15) is 153 Å². The van der Waals surface area contributed by atoms with Crippen molar-refractivity contribution in [2.45, 2.75) is 176 Å². The molecule has 0 saturated heterocycles. The monoisotopic (exact) mass is 744 g/mol. The topological polar surface area (TPSA) is 51.6 Å². The van der Waals surface area contributed by atoms with E-state index in [0.717, 1.165) is 47.8 Å². The Bertz CT molecular complexity index is 1530. The normalized spacial score (nSPS) is 14.0. The first-order chi connectivity index (χ1) is 24.6. The quantitative estimate of drug-likeness (QED) is 0.0829. The zero-order valence-electron chi connectivity index (χ0n) is 30.9. The highest BCUT2D eigenvalue weighted by Gasteiger charge is 2.29. The molecule has 0 atom stereocenters. The number of nitrogens with zero attached hydrogens (tertiary/aromatic N) is 4. The van der Waals surface area contributed by atoms with Gasteiger partial charge in [-0.2, -0.15) is 0 Å². The lowest BCUT2D eigenvalue weighted by Crippen LogP contribution is -2.04. The fraction of sp³-hybridized carbons (Fsp3) is 0.571. The van der Waals surface area contributed by atoms with E-state index in [2.05, 4.69) is 52.0 Å². The molecule has 0 radical (unpaired) electrons. The van der Waals surface area contributed by atoms with E-state index in [0.29, 0.717) is 0 Å². The average Bonchev–Trinajstić information content (AvgIpc) is 3.73. The van der Waals surface area contributed by atoms with Crippen molar-refractivity contribution in [3.8, 4) is 0 Å². The average molecular weight is 745 g/mol. The molecule has 0 unspecified atom stereocenters. The first kappa shape index (κ1) is 38.0. The van der Waals surface area contributed by atoms with E-state index >= 15 is 0 Å². The van der Waals surface area contributed by atoms with Gasteiger partial charge in [0.05, 0.1) is 53.3 Å². The molecule has 2 aromatic carbocycles. The molecule has 0 spiro atoms. The predicted molar refractivity (Wildman–Crippen MR) is 221 cm³/mol. The highest BCUT2D eigenvalue weighted by Crippen LogP contribution is 2.62. The fourth-order valence-electron chi connectivity index (χ4n) is 6.88. The Kier molecular flexibility index (Phi) is 14.7. The van der Waals surface area contributed by atoms with E-state index in [9.17, 15) is 0 Å². The second-order valence-electron chi connectivity index (χ2n) is 14.0. The maximum Gasteiger partial charge on any atom is 0.0902 e. The molecule has 8 heteroatoms. The minimum Gasteiger partial charge on any atom is -0.249 e. The largest absolute Gasteiger partial charge is 0.249 e. The second kappa shape index (κ2) is 19.4. The minimum absolute atomic E-state index is 1.05. The molecule has 4 nitrogen and oxygen atoms in total. The van der Waals surface area contributed by atoms with Gasteiger partial charge in [0.15, 0.2) is 0 Å². The summed E-state index contributed by atoms with van der Waals surface area (Å²) in [6.45, 7) is 9.13. The van der Waals surface area contributed by atoms with Gasteiger partial charge in [0, 0.05) is 19.6 Å².